The molecular weight excluding hydrogens is 318 g/mol. The second-order valence-electron chi connectivity index (χ2n) is 6.39. The summed E-state index contributed by atoms with van der Waals surface area (Å²) >= 11 is 0. The number of hydrogen-bond donors (Lipinski definition) is 0. The summed E-state index contributed by atoms with van der Waals surface area (Å²) in [6, 6.07) is 0. The number of hydrogen-bond acceptors (Lipinski definition) is 5. The van der Waals surface area contributed by atoms with Crippen LogP contribution >= 0.6 is 0 Å². The molecule has 3 rings (SSSR count). The first-order valence-electron chi connectivity index (χ1n) is 8.29. The van der Waals surface area contributed by atoms with Gasteiger partial charge in [0.2, 0.25) is 0 Å². The normalized spacial score (nSPS) is 22.7. The quantitative estimate of drug-likeness (QED) is 0.677. The second kappa shape index (κ2) is 6.84. The van der Waals surface area contributed by atoms with Crippen LogP contribution < -0.4 is 5.69 Å². The fraction of sp³-hybridized carbons (Fsp3) is 0.857. The number of aryl methyl sites for hydroxylation is 2. The molecule has 0 amide bonds. The lowest BCUT2D eigenvalue weighted by Crippen LogP contribution is -2.50. The van der Waals surface area contributed by atoms with Gasteiger partial charge in [0.05, 0.1) is 13.1 Å². The lowest BCUT2D eigenvalue weighted by Gasteiger charge is -2.34. The molecule has 2 aliphatic rings. The van der Waals surface area contributed by atoms with Crippen molar-refractivity contribution in [2.24, 2.45) is 0 Å². The van der Waals surface area contributed by atoms with Crippen LogP contribution in [0.1, 0.15) is 25.1 Å². The number of rotatable bonds is 5. The number of fused-ring (bicyclic) bond motifs is 1. The summed E-state index contributed by atoms with van der Waals surface area (Å²) in [4.78, 5) is 14.5. The largest absolute Gasteiger partial charge is 0.598 e. The zero-order valence-electron chi connectivity index (χ0n) is 13.6. The van der Waals surface area contributed by atoms with Crippen LogP contribution in [-0.4, -0.2) is 67.1 Å². The van der Waals surface area contributed by atoms with Gasteiger partial charge in [0.1, 0.15) is 22.5 Å². The molecule has 2 aliphatic heterocycles. The summed E-state index contributed by atoms with van der Waals surface area (Å²) in [5.74, 6) is 0.919. The van der Waals surface area contributed by atoms with Crippen LogP contribution in [0.3, 0.4) is 0 Å². The first kappa shape index (κ1) is 16.8. The first-order valence-corrected chi connectivity index (χ1v) is 10.1. The van der Waals surface area contributed by atoms with Crippen molar-refractivity contribution < 1.29 is 8.76 Å². The highest BCUT2D eigenvalue weighted by Gasteiger charge is 2.26. The van der Waals surface area contributed by atoms with Crippen molar-refractivity contribution in [2.45, 2.75) is 38.8 Å². The monoisotopic (exact) mass is 343 g/mol. The third-order valence-electron chi connectivity index (χ3n) is 4.68. The average Bonchev–Trinajstić information content (AvgIpc) is 2.84. The molecule has 1 fully saturated rings. The van der Waals surface area contributed by atoms with Crippen LogP contribution in [0.25, 0.3) is 0 Å². The van der Waals surface area contributed by atoms with Gasteiger partial charge in [-0.2, -0.15) is 5.10 Å². The minimum atomic E-state index is -3.07. The Labute approximate surface area is 137 Å². The Balaban J connectivity index is 1.47. The van der Waals surface area contributed by atoms with Gasteiger partial charge in [-0.05, 0) is 19.3 Å². The van der Waals surface area contributed by atoms with Crippen molar-refractivity contribution in [3.05, 3.63) is 16.3 Å². The van der Waals surface area contributed by atoms with E-state index in [0.29, 0.717) is 19.6 Å². The Morgan fingerprint density at radius 2 is 1.87 bits per heavy atom. The Kier molecular flexibility index (Phi) is 5.00. The molecule has 0 bridgehead atoms. The highest BCUT2D eigenvalue weighted by Crippen LogP contribution is 2.11. The highest BCUT2D eigenvalue weighted by molar-refractivity contribution is 7.94. The van der Waals surface area contributed by atoms with Crippen LogP contribution in [0.2, 0.25) is 0 Å². The van der Waals surface area contributed by atoms with Crippen molar-refractivity contribution in [1.29, 1.82) is 0 Å². The molecule has 1 saturated heterocycles. The van der Waals surface area contributed by atoms with Gasteiger partial charge in [-0.25, -0.2) is 9.48 Å². The summed E-state index contributed by atoms with van der Waals surface area (Å²) in [6.45, 7) is 4.90. The summed E-state index contributed by atoms with van der Waals surface area (Å²) in [5.41, 5.74) is 0.0154. The van der Waals surface area contributed by atoms with Gasteiger partial charge in [0.15, 0.2) is 0 Å². The zero-order chi connectivity index (χ0) is 16.4. The van der Waals surface area contributed by atoms with Crippen molar-refractivity contribution in [3.8, 4) is 0 Å². The molecule has 1 atom stereocenters. The summed E-state index contributed by atoms with van der Waals surface area (Å²) in [5, 5.41) is 4.44. The van der Waals surface area contributed by atoms with Gasteiger partial charge in [0.25, 0.3) is 0 Å². The third-order valence-corrected chi connectivity index (χ3v) is 5.98. The lowest BCUT2D eigenvalue weighted by molar-refractivity contribution is 0.177. The SMILES string of the molecule is C[S+](=O)([O-])N1CCN(CCCn2nc3n(c2=O)CCCC3)CC1. The minimum absolute atomic E-state index is 0.0154. The molecule has 0 N–H and O–H groups in total. The van der Waals surface area contributed by atoms with E-state index in [-0.39, 0.29) is 5.69 Å². The Morgan fingerprint density at radius 3 is 2.52 bits per heavy atom. The first-order chi connectivity index (χ1) is 10.9. The predicted octanol–water partition coefficient (Wildman–Crippen LogP) is -0.436. The number of sulfonamides is 1. The average molecular weight is 343 g/mol. The van der Waals surface area contributed by atoms with Crippen LogP contribution in [0.5, 0.6) is 0 Å². The molecule has 3 heterocycles. The van der Waals surface area contributed by atoms with E-state index in [0.717, 1.165) is 57.7 Å². The van der Waals surface area contributed by atoms with Crippen molar-refractivity contribution in [2.75, 3.05) is 39.0 Å². The van der Waals surface area contributed by atoms with Gasteiger partial charge >= 0.3 is 5.69 Å². The van der Waals surface area contributed by atoms with E-state index >= 15 is 0 Å². The Morgan fingerprint density at radius 1 is 1.13 bits per heavy atom. The molecule has 0 radical (unpaired) electrons. The molecule has 0 aromatic carbocycles. The predicted molar refractivity (Wildman–Crippen MR) is 86.8 cm³/mol. The van der Waals surface area contributed by atoms with E-state index in [1.54, 1.807) is 9.25 Å². The van der Waals surface area contributed by atoms with Crippen molar-refractivity contribution in [3.63, 3.8) is 0 Å². The fourth-order valence-corrected chi connectivity index (χ4v) is 4.15. The smallest absolute Gasteiger partial charge is 0.345 e. The van der Waals surface area contributed by atoms with E-state index < -0.39 is 10.4 Å². The van der Waals surface area contributed by atoms with E-state index in [9.17, 15) is 13.6 Å². The molecule has 1 aromatic rings. The molecular formula is C14H25N5O3S. The van der Waals surface area contributed by atoms with Crippen molar-refractivity contribution >= 4 is 10.4 Å². The number of nitrogens with zero attached hydrogens (tertiary/aromatic N) is 5. The van der Waals surface area contributed by atoms with E-state index in [1.807, 2.05) is 0 Å². The zero-order valence-corrected chi connectivity index (χ0v) is 14.5. The molecule has 0 spiro atoms. The second-order valence-corrected chi connectivity index (χ2v) is 8.37. The van der Waals surface area contributed by atoms with Gasteiger partial charge in [-0.1, -0.05) is 4.21 Å². The molecule has 23 heavy (non-hydrogen) atoms. The van der Waals surface area contributed by atoms with Crippen LogP contribution in [-0.2, 0) is 34.1 Å². The van der Waals surface area contributed by atoms with E-state index in [4.69, 9.17) is 0 Å². The molecule has 130 valence electrons. The summed E-state index contributed by atoms with van der Waals surface area (Å²) < 4.78 is 27.9. The Hall–Kier alpha value is -1.03. The van der Waals surface area contributed by atoms with Crippen LogP contribution in [0.4, 0.5) is 0 Å². The van der Waals surface area contributed by atoms with Gasteiger partial charge in [0, 0.05) is 39.1 Å². The minimum Gasteiger partial charge on any atom is -0.598 e. The third kappa shape index (κ3) is 3.90. The Bertz CT molecular complexity index is 641. The van der Waals surface area contributed by atoms with E-state index in [2.05, 4.69) is 10.00 Å². The highest BCUT2D eigenvalue weighted by atomic mass is 32.3. The van der Waals surface area contributed by atoms with Crippen LogP contribution in [0.15, 0.2) is 4.79 Å². The maximum atomic E-state index is 12.2. The summed E-state index contributed by atoms with van der Waals surface area (Å²) in [6.07, 6.45) is 5.19. The summed E-state index contributed by atoms with van der Waals surface area (Å²) in [7, 11) is -3.07. The fourth-order valence-electron chi connectivity index (χ4n) is 3.32. The lowest BCUT2D eigenvalue weighted by atomic mass is 10.2. The molecule has 8 nitrogen and oxygen atoms in total. The van der Waals surface area contributed by atoms with E-state index in [1.165, 1.54) is 10.6 Å². The maximum absolute atomic E-state index is 12.2. The standard InChI is InChI=1S/C14H25N5O3S/c1-23(21,22)17-11-9-16(10-12-17)6-4-8-19-14(20)18-7-3-2-5-13(18)15-19/h2-12H2,1H3. The molecule has 1 unspecified atom stereocenters. The van der Waals surface area contributed by atoms with Gasteiger partial charge < -0.3 is 9.45 Å². The maximum Gasteiger partial charge on any atom is 0.345 e. The van der Waals surface area contributed by atoms with Crippen molar-refractivity contribution in [1.82, 2.24) is 23.6 Å². The molecule has 9 heteroatoms. The van der Waals surface area contributed by atoms with Gasteiger partial charge in [-0.3, -0.25) is 4.57 Å². The molecule has 0 aliphatic carbocycles. The number of aromatic nitrogens is 3. The topological polar surface area (TPSA) is 86.4 Å². The molecule has 0 saturated carbocycles. The van der Waals surface area contributed by atoms with Gasteiger partial charge in [-0.15, -0.1) is 4.31 Å². The molecule has 1 aromatic heterocycles. The number of piperazine rings is 1. The van der Waals surface area contributed by atoms with Crippen LogP contribution in [0, 0.1) is 0 Å².